The number of fused-ring (bicyclic) bond motifs is 1. The van der Waals surface area contributed by atoms with Gasteiger partial charge in [0.2, 0.25) is 0 Å². The Balaban J connectivity index is 0.000000433. The van der Waals surface area contributed by atoms with Gasteiger partial charge in [0, 0.05) is 23.0 Å². The Morgan fingerprint density at radius 2 is 1.96 bits per heavy atom. The lowest BCUT2D eigenvalue weighted by Crippen LogP contribution is -2.16. The summed E-state index contributed by atoms with van der Waals surface area (Å²) >= 11 is 0. The molecule has 1 atom stereocenters. The van der Waals surface area contributed by atoms with E-state index in [2.05, 4.69) is 29.1 Å². The number of aromatic hydroxyl groups is 1. The average molecular weight is 316 g/mol. The van der Waals surface area contributed by atoms with Gasteiger partial charge in [0.1, 0.15) is 6.17 Å². The fourth-order valence-electron chi connectivity index (χ4n) is 1.98. The molecule has 0 fully saturated rings. The van der Waals surface area contributed by atoms with Gasteiger partial charge in [-0.05, 0) is 23.8 Å². The third kappa shape index (κ3) is 4.04. The lowest BCUT2D eigenvalue weighted by molar-refractivity contribution is 0.419. The van der Waals surface area contributed by atoms with E-state index in [1.54, 1.807) is 6.34 Å². The van der Waals surface area contributed by atoms with Crippen molar-refractivity contribution >= 4 is 12.0 Å². The molecule has 0 spiro atoms. The predicted octanol–water partition coefficient (Wildman–Crippen LogP) is 3.81. The Morgan fingerprint density at radius 3 is 2.61 bits per heavy atom. The molecule has 0 amide bonds. The number of benzene rings is 1. The zero-order valence-corrected chi connectivity index (χ0v) is 13.3. The highest BCUT2D eigenvalue weighted by Crippen LogP contribution is 2.31. The number of halogens is 1. The summed E-state index contributed by atoms with van der Waals surface area (Å²) in [6, 6.07) is 6.87. The third-order valence-corrected chi connectivity index (χ3v) is 3.48. The van der Waals surface area contributed by atoms with Crippen LogP contribution in [-0.4, -0.2) is 16.4 Å². The van der Waals surface area contributed by atoms with E-state index < -0.39 is 17.9 Å². The second-order valence-electron chi connectivity index (χ2n) is 5.20. The SMILES string of the molecule is CCCC.NC1N=CNc2ccc(-c3cnc(F)c(O)c3)cc21. The minimum absolute atomic E-state index is 0.432. The van der Waals surface area contributed by atoms with Crippen LogP contribution in [0.1, 0.15) is 38.4 Å². The number of nitrogens with zero attached hydrogens (tertiary/aromatic N) is 2. The molecule has 2 heterocycles. The highest BCUT2D eigenvalue weighted by Gasteiger charge is 2.15. The van der Waals surface area contributed by atoms with Crippen LogP contribution < -0.4 is 11.1 Å². The quantitative estimate of drug-likeness (QED) is 0.736. The molecule has 0 aliphatic carbocycles. The van der Waals surface area contributed by atoms with Crippen molar-refractivity contribution in [2.45, 2.75) is 32.9 Å². The number of pyridine rings is 1. The molecular formula is C17H21FN4O. The Labute approximate surface area is 135 Å². The molecule has 4 N–H and O–H groups in total. The zero-order valence-electron chi connectivity index (χ0n) is 13.3. The van der Waals surface area contributed by atoms with Crippen molar-refractivity contribution in [3.05, 3.63) is 42.0 Å². The summed E-state index contributed by atoms with van der Waals surface area (Å²) in [6.07, 6.45) is 5.12. The van der Waals surface area contributed by atoms with Gasteiger partial charge < -0.3 is 16.2 Å². The number of nitrogens with one attached hydrogen (secondary N) is 1. The van der Waals surface area contributed by atoms with E-state index in [1.165, 1.54) is 25.1 Å². The number of unbranched alkanes of at least 4 members (excludes halogenated alkanes) is 1. The number of hydrogen-bond acceptors (Lipinski definition) is 5. The Hall–Kier alpha value is -2.47. The summed E-state index contributed by atoms with van der Waals surface area (Å²) in [6.45, 7) is 4.36. The van der Waals surface area contributed by atoms with Crippen molar-refractivity contribution in [3.63, 3.8) is 0 Å². The second-order valence-corrected chi connectivity index (χ2v) is 5.20. The molecule has 0 saturated heterocycles. The third-order valence-electron chi connectivity index (χ3n) is 3.48. The minimum atomic E-state index is -0.885. The van der Waals surface area contributed by atoms with Crippen molar-refractivity contribution in [1.82, 2.24) is 4.98 Å². The van der Waals surface area contributed by atoms with Gasteiger partial charge in [-0.25, -0.2) is 4.98 Å². The summed E-state index contributed by atoms with van der Waals surface area (Å²) in [5.41, 5.74) is 9.00. The highest BCUT2D eigenvalue weighted by molar-refractivity contribution is 5.82. The largest absolute Gasteiger partial charge is 0.504 e. The average Bonchev–Trinajstić information content (AvgIpc) is 2.58. The first-order valence-corrected chi connectivity index (χ1v) is 7.59. The van der Waals surface area contributed by atoms with Crippen LogP contribution in [0, 0.1) is 5.95 Å². The van der Waals surface area contributed by atoms with Gasteiger partial charge >= 0.3 is 0 Å². The van der Waals surface area contributed by atoms with Crippen LogP contribution in [0.2, 0.25) is 0 Å². The van der Waals surface area contributed by atoms with E-state index in [9.17, 15) is 9.50 Å². The summed E-state index contributed by atoms with van der Waals surface area (Å²) in [5.74, 6) is -1.36. The Kier molecular flexibility index (Phi) is 5.65. The van der Waals surface area contributed by atoms with Crippen molar-refractivity contribution in [2.24, 2.45) is 10.7 Å². The zero-order chi connectivity index (χ0) is 16.8. The smallest absolute Gasteiger partial charge is 0.255 e. The number of nitrogens with two attached hydrogens (primary N) is 1. The monoisotopic (exact) mass is 316 g/mol. The van der Waals surface area contributed by atoms with Crippen molar-refractivity contribution in [2.75, 3.05) is 5.32 Å². The van der Waals surface area contributed by atoms with Crippen molar-refractivity contribution < 1.29 is 9.50 Å². The van der Waals surface area contributed by atoms with Gasteiger partial charge in [-0.1, -0.05) is 32.8 Å². The molecule has 0 saturated carbocycles. The molecule has 6 heteroatoms. The molecule has 0 radical (unpaired) electrons. The lowest BCUT2D eigenvalue weighted by Gasteiger charge is -2.18. The number of aliphatic imine (C=N–C) groups is 1. The van der Waals surface area contributed by atoms with E-state index in [-0.39, 0.29) is 0 Å². The van der Waals surface area contributed by atoms with Gasteiger partial charge in [-0.3, -0.25) is 4.99 Å². The minimum Gasteiger partial charge on any atom is -0.504 e. The van der Waals surface area contributed by atoms with Crippen LogP contribution in [0.4, 0.5) is 10.1 Å². The first kappa shape index (κ1) is 16.9. The van der Waals surface area contributed by atoms with Crippen LogP contribution in [0.15, 0.2) is 35.5 Å². The second kappa shape index (κ2) is 7.69. The van der Waals surface area contributed by atoms with Gasteiger partial charge in [-0.15, -0.1) is 0 Å². The van der Waals surface area contributed by atoms with Gasteiger partial charge in [0.25, 0.3) is 5.95 Å². The summed E-state index contributed by atoms with van der Waals surface area (Å²) in [5, 5.41) is 12.3. The summed E-state index contributed by atoms with van der Waals surface area (Å²) in [7, 11) is 0. The maximum absolute atomic E-state index is 12.9. The fraction of sp³-hybridized carbons (Fsp3) is 0.294. The molecule has 0 bridgehead atoms. The van der Waals surface area contributed by atoms with Crippen LogP contribution in [0.5, 0.6) is 5.75 Å². The molecule has 23 heavy (non-hydrogen) atoms. The number of anilines is 1. The Morgan fingerprint density at radius 1 is 1.22 bits per heavy atom. The van der Waals surface area contributed by atoms with Gasteiger partial charge in [0.15, 0.2) is 5.75 Å². The molecule has 1 aliphatic rings. The summed E-state index contributed by atoms with van der Waals surface area (Å²) < 4.78 is 12.9. The topological polar surface area (TPSA) is 83.5 Å². The molecule has 122 valence electrons. The molecule has 2 aromatic rings. The number of aromatic nitrogens is 1. The lowest BCUT2D eigenvalue weighted by atomic mass is 10.0. The van der Waals surface area contributed by atoms with E-state index >= 15 is 0 Å². The summed E-state index contributed by atoms with van der Waals surface area (Å²) in [4.78, 5) is 7.55. The van der Waals surface area contributed by atoms with E-state index in [4.69, 9.17) is 5.73 Å². The molecule has 5 nitrogen and oxygen atoms in total. The molecule has 3 rings (SSSR count). The van der Waals surface area contributed by atoms with Crippen molar-refractivity contribution in [3.8, 4) is 16.9 Å². The number of hydrogen-bond donors (Lipinski definition) is 3. The predicted molar refractivity (Wildman–Crippen MR) is 90.9 cm³/mol. The van der Waals surface area contributed by atoms with E-state index in [1.807, 2.05) is 18.2 Å². The molecular weight excluding hydrogens is 295 g/mol. The Bertz CT molecular complexity index is 701. The fourth-order valence-corrected chi connectivity index (χ4v) is 1.98. The molecule has 1 unspecified atom stereocenters. The van der Waals surface area contributed by atoms with Gasteiger partial charge in [0.05, 0.1) is 6.34 Å². The maximum atomic E-state index is 12.9. The number of rotatable bonds is 2. The van der Waals surface area contributed by atoms with Crippen LogP contribution in [-0.2, 0) is 0 Å². The van der Waals surface area contributed by atoms with Crippen molar-refractivity contribution in [1.29, 1.82) is 0 Å². The van der Waals surface area contributed by atoms with Crippen LogP contribution in [0.3, 0.4) is 0 Å². The van der Waals surface area contributed by atoms with E-state index in [0.29, 0.717) is 5.56 Å². The van der Waals surface area contributed by atoms with E-state index in [0.717, 1.165) is 16.8 Å². The molecule has 1 aromatic heterocycles. The maximum Gasteiger partial charge on any atom is 0.255 e. The highest BCUT2D eigenvalue weighted by atomic mass is 19.1. The molecule has 1 aromatic carbocycles. The first-order valence-electron chi connectivity index (χ1n) is 7.59. The van der Waals surface area contributed by atoms with Gasteiger partial charge in [-0.2, -0.15) is 4.39 Å². The van der Waals surface area contributed by atoms with Crippen LogP contribution >= 0.6 is 0 Å². The molecule has 1 aliphatic heterocycles. The van der Waals surface area contributed by atoms with Crippen LogP contribution in [0.25, 0.3) is 11.1 Å². The normalized spacial score (nSPS) is 15.2. The standard InChI is InChI=1S/C13H11FN4O.C4H10/c14-12-11(19)4-8(5-16-12)7-1-2-10-9(3-7)13(15)18-6-17-10;1-3-4-2/h1-6,13,19H,15H2,(H,17,18);3-4H2,1-2H3. The first-order chi connectivity index (χ1) is 11.1.